The predicted octanol–water partition coefficient (Wildman–Crippen LogP) is 2.90. The van der Waals surface area contributed by atoms with Crippen LogP contribution >= 0.6 is 11.6 Å². The third-order valence-corrected chi connectivity index (χ3v) is 4.59. The van der Waals surface area contributed by atoms with Gasteiger partial charge in [-0.15, -0.1) is 0 Å². The molecule has 9 heteroatoms. The van der Waals surface area contributed by atoms with Crippen LogP contribution in [0.15, 0.2) is 42.5 Å². The molecule has 0 radical (unpaired) electrons. The molecule has 0 bridgehead atoms. The van der Waals surface area contributed by atoms with Gasteiger partial charge in [0.1, 0.15) is 29.4 Å². The van der Waals surface area contributed by atoms with Crippen LogP contribution in [-0.4, -0.2) is 51.9 Å². The van der Waals surface area contributed by atoms with Gasteiger partial charge in [0.2, 0.25) is 5.91 Å². The lowest BCUT2D eigenvalue weighted by Gasteiger charge is -2.27. The molecule has 2 aromatic carbocycles. The molecular weight excluding hydrogens is 412 g/mol. The Bertz CT molecular complexity index is 877. The van der Waals surface area contributed by atoms with E-state index in [1.807, 2.05) is 18.2 Å². The van der Waals surface area contributed by atoms with E-state index < -0.39 is 17.4 Å². The third kappa shape index (κ3) is 6.01. The van der Waals surface area contributed by atoms with Gasteiger partial charge in [0.25, 0.3) is 0 Å². The van der Waals surface area contributed by atoms with Crippen molar-refractivity contribution in [1.82, 2.24) is 5.32 Å². The maximum absolute atomic E-state index is 12.5. The summed E-state index contributed by atoms with van der Waals surface area (Å²) in [5.74, 6) is 0.384. The van der Waals surface area contributed by atoms with Crippen molar-refractivity contribution in [2.75, 3.05) is 39.8 Å². The number of methoxy groups -OCH3 is 3. The van der Waals surface area contributed by atoms with E-state index in [0.29, 0.717) is 28.0 Å². The number of carbonyl (C=O) groups is 2. The van der Waals surface area contributed by atoms with Crippen molar-refractivity contribution in [1.29, 1.82) is 0 Å². The molecule has 0 aromatic heterocycles. The zero-order chi connectivity index (χ0) is 22.1. The van der Waals surface area contributed by atoms with E-state index in [1.165, 1.54) is 27.4 Å². The number of carbonyl (C=O) groups excluding carboxylic acids is 2. The summed E-state index contributed by atoms with van der Waals surface area (Å²) in [5, 5.41) is 5.96. The number of benzene rings is 2. The molecule has 1 atom stereocenters. The first kappa shape index (κ1) is 23.3. The highest BCUT2D eigenvalue weighted by atomic mass is 35.5. The van der Waals surface area contributed by atoms with Crippen LogP contribution in [0.5, 0.6) is 17.2 Å². The van der Waals surface area contributed by atoms with E-state index in [-0.39, 0.29) is 13.2 Å². The van der Waals surface area contributed by atoms with Gasteiger partial charge in [-0.1, -0.05) is 29.8 Å². The first-order valence-electron chi connectivity index (χ1n) is 9.05. The van der Waals surface area contributed by atoms with Gasteiger partial charge >= 0.3 is 5.97 Å². The lowest BCUT2D eigenvalue weighted by atomic mass is 10.0. The van der Waals surface area contributed by atoms with Gasteiger partial charge < -0.3 is 24.3 Å². The molecule has 8 nitrogen and oxygen atoms in total. The summed E-state index contributed by atoms with van der Waals surface area (Å²) in [6, 6.07) is 12.1. The normalized spacial score (nSPS) is 12.4. The molecule has 0 saturated carbocycles. The number of nitrogens with one attached hydrogen (secondary N) is 2. The molecule has 0 heterocycles. The Labute approximate surface area is 180 Å². The van der Waals surface area contributed by atoms with E-state index in [4.69, 9.17) is 30.5 Å². The van der Waals surface area contributed by atoms with Crippen molar-refractivity contribution >= 4 is 29.2 Å². The van der Waals surface area contributed by atoms with Crippen molar-refractivity contribution in [3.8, 4) is 17.2 Å². The van der Waals surface area contributed by atoms with Crippen LogP contribution in [0.25, 0.3) is 0 Å². The molecule has 0 aliphatic heterocycles. The van der Waals surface area contributed by atoms with Gasteiger partial charge in [0.15, 0.2) is 0 Å². The summed E-state index contributed by atoms with van der Waals surface area (Å²) < 4.78 is 21.0. The highest BCUT2D eigenvalue weighted by molar-refractivity contribution is 6.32. The number of rotatable bonds is 10. The molecule has 1 unspecified atom stereocenters. The number of halogens is 1. The fourth-order valence-electron chi connectivity index (χ4n) is 2.58. The number of anilines is 1. The van der Waals surface area contributed by atoms with E-state index in [0.717, 1.165) is 0 Å². The molecule has 2 rings (SSSR count). The van der Waals surface area contributed by atoms with Gasteiger partial charge in [-0.05, 0) is 19.1 Å². The fourth-order valence-corrected chi connectivity index (χ4v) is 2.81. The Morgan fingerprint density at radius 1 is 1.03 bits per heavy atom. The average Bonchev–Trinajstić information content (AvgIpc) is 2.77. The maximum atomic E-state index is 12.5. The minimum Gasteiger partial charge on any atom is -0.495 e. The van der Waals surface area contributed by atoms with Crippen molar-refractivity contribution in [2.45, 2.75) is 12.5 Å². The number of esters is 1. The van der Waals surface area contributed by atoms with Gasteiger partial charge in [0, 0.05) is 12.1 Å². The van der Waals surface area contributed by atoms with E-state index >= 15 is 0 Å². The van der Waals surface area contributed by atoms with Crippen LogP contribution in [-0.2, 0) is 14.3 Å². The topological polar surface area (TPSA) is 95.1 Å². The standard InChI is InChI=1S/C21H25ClN2O6/c1-21(20(26)29-4,13-30-14-8-6-5-7-9-14)23-12-19(25)24-16-11-17(27-2)15(22)10-18(16)28-3/h5-11,23H,12-13H2,1-4H3,(H,24,25). The van der Waals surface area contributed by atoms with Crippen LogP contribution in [0, 0.1) is 0 Å². The summed E-state index contributed by atoms with van der Waals surface area (Å²) >= 11 is 6.08. The SMILES string of the molecule is COC(=O)C(C)(COc1ccccc1)NCC(=O)Nc1cc(OC)c(Cl)cc1OC. The van der Waals surface area contributed by atoms with Gasteiger partial charge in [0.05, 0.1) is 38.6 Å². The van der Waals surface area contributed by atoms with Crippen molar-refractivity contribution in [2.24, 2.45) is 0 Å². The second kappa shape index (κ2) is 10.7. The Balaban J connectivity index is 2.06. The second-order valence-electron chi connectivity index (χ2n) is 6.51. The average molecular weight is 437 g/mol. The Kier molecular flexibility index (Phi) is 8.32. The van der Waals surface area contributed by atoms with E-state index in [9.17, 15) is 9.59 Å². The third-order valence-electron chi connectivity index (χ3n) is 4.29. The predicted molar refractivity (Wildman–Crippen MR) is 114 cm³/mol. The molecule has 1 amide bonds. The fraction of sp³-hybridized carbons (Fsp3) is 0.333. The van der Waals surface area contributed by atoms with E-state index in [1.54, 1.807) is 25.1 Å². The minimum absolute atomic E-state index is 0.0327. The van der Waals surface area contributed by atoms with Crippen molar-refractivity contribution in [3.05, 3.63) is 47.5 Å². The largest absolute Gasteiger partial charge is 0.495 e. The lowest BCUT2D eigenvalue weighted by Crippen LogP contribution is -2.56. The molecule has 0 aliphatic carbocycles. The number of hydrogen-bond acceptors (Lipinski definition) is 7. The summed E-state index contributed by atoms with van der Waals surface area (Å²) in [6.07, 6.45) is 0. The highest BCUT2D eigenvalue weighted by Crippen LogP contribution is 2.35. The zero-order valence-corrected chi connectivity index (χ0v) is 18.0. The van der Waals surface area contributed by atoms with Gasteiger partial charge in [-0.25, -0.2) is 4.79 Å². The first-order chi connectivity index (χ1) is 14.3. The summed E-state index contributed by atoms with van der Waals surface area (Å²) in [6.45, 7) is 1.38. The number of para-hydroxylation sites is 1. The number of ether oxygens (including phenoxy) is 4. The molecule has 0 saturated heterocycles. The van der Waals surface area contributed by atoms with Crippen LogP contribution in [0.4, 0.5) is 5.69 Å². The zero-order valence-electron chi connectivity index (χ0n) is 17.3. The van der Waals surface area contributed by atoms with Crippen molar-refractivity contribution in [3.63, 3.8) is 0 Å². The van der Waals surface area contributed by atoms with Crippen molar-refractivity contribution < 1.29 is 28.5 Å². The Hall–Kier alpha value is -2.97. The molecule has 162 valence electrons. The molecule has 0 fully saturated rings. The molecular formula is C21H25ClN2O6. The summed E-state index contributed by atoms with van der Waals surface area (Å²) in [5.41, 5.74) is -0.866. The summed E-state index contributed by atoms with van der Waals surface area (Å²) in [4.78, 5) is 24.8. The van der Waals surface area contributed by atoms with Crippen LogP contribution in [0.2, 0.25) is 5.02 Å². The molecule has 0 spiro atoms. The van der Waals surface area contributed by atoms with E-state index in [2.05, 4.69) is 10.6 Å². The maximum Gasteiger partial charge on any atom is 0.329 e. The van der Waals surface area contributed by atoms with Crippen LogP contribution < -0.4 is 24.8 Å². The van der Waals surface area contributed by atoms with Gasteiger partial charge in [-0.3, -0.25) is 10.1 Å². The summed E-state index contributed by atoms with van der Waals surface area (Å²) in [7, 11) is 4.20. The molecule has 2 aromatic rings. The molecule has 2 N–H and O–H groups in total. The Morgan fingerprint density at radius 2 is 1.70 bits per heavy atom. The smallest absolute Gasteiger partial charge is 0.329 e. The van der Waals surface area contributed by atoms with Crippen LogP contribution in [0.1, 0.15) is 6.92 Å². The quantitative estimate of drug-likeness (QED) is 0.553. The number of hydrogen-bond donors (Lipinski definition) is 2. The molecule has 0 aliphatic rings. The Morgan fingerprint density at radius 3 is 2.30 bits per heavy atom. The minimum atomic E-state index is -1.25. The first-order valence-corrected chi connectivity index (χ1v) is 9.43. The highest BCUT2D eigenvalue weighted by Gasteiger charge is 2.35. The monoisotopic (exact) mass is 436 g/mol. The second-order valence-corrected chi connectivity index (χ2v) is 6.92. The van der Waals surface area contributed by atoms with Crippen LogP contribution in [0.3, 0.4) is 0 Å². The molecule has 30 heavy (non-hydrogen) atoms. The lowest BCUT2D eigenvalue weighted by molar-refractivity contribution is -0.149. The van der Waals surface area contributed by atoms with Gasteiger partial charge in [-0.2, -0.15) is 0 Å². The number of amides is 1.